The van der Waals surface area contributed by atoms with Gasteiger partial charge in [0.1, 0.15) is 15.8 Å². The van der Waals surface area contributed by atoms with Crippen LogP contribution in [0.5, 0.6) is 0 Å². The Morgan fingerprint density at radius 2 is 1.96 bits per heavy atom. The zero-order valence-electron chi connectivity index (χ0n) is 13.7. The molecule has 1 atom stereocenters. The number of hydrogen-bond donors (Lipinski definition) is 3. The van der Waals surface area contributed by atoms with Crippen LogP contribution in [-0.4, -0.2) is 26.0 Å². The Morgan fingerprint density at radius 1 is 1.31 bits per heavy atom. The Labute approximate surface area is 152 Å². The van der Waals surface area contributed by atoms with E-state index < -0.39 is 33.7 Å². The van der Waals surface area contributed by atoms with Crippen molar-refractivity contribution in [3.63, 3.8) is 0 Å². The van der Waals surface area contributed by atoms with Crippen molar-refractivity contribution in [3.8, 4) is 0 Å². The van der Waals surface area contributed by atoms with E-state index in [1.165, 1.54) is 6.92 Å². The minimum absolute atomic E-state index is 0.103. The van der Waals surface area contributed by atoms with Crippen LogP contribution in [0.25, 0.3) is 0 Å². The maximum atomic E-state index is 13.4. The van der Waals surface area contributed by atoms with Crippen molar-refractivity contribution >= 4 is 27.3 Å². The van der Waals surface area contributed by atoms with Gasteiger partial charge in [-0.1, -0.05) is 0 Å². The first-order valence-electron chi connectivity index (χ1n) is 7.76. The van der Waals surface area contributed by atoms with Gasteiger partial charge in [0.25, 0.3) is 10.0 Å². The Balaban J connectivity index is 1.98. The molecule has 140 valence electrons. The van der Waals surface area contributed by atoms with Gasteiger partial charge < -0.3 is 10.4 Å². The third-order valence-corrected chi connectivity index (χ3v) is 7.36. The molecule has 2 heterocycles. The van der Waals surface area contributed by atoms with E-state index >= 15 is 0 Å². The molecule has 10 heteroatoms. The number of sulfonamides is 1. The van der Waals surface area contributed by atoms with Crippen molar-refractivity contribution < 1.29 is 27.1 Å². The van der Waals surface area contributed by atoms with Crippen LogP contribution < -0.4 is 10.0 Å². The molecule has 0 saturated carbocycles. The van der Waals surface area contributed by atoms with Gasteiger partial charge in [-0.2, -0.15) is 0 Å². The molecule has 0 saturated heterocycles. The summed E-state index contributed by atoms with van der Waals surface area (Å²) in [5, 5.41) is 12.6. The molecule has 0 aliphatic carbocycles. The lowest BCUT2D eigenvalue weighted by molar-refractivity contribution is 0.0692. The number of thiophene rings is 1. The number of benzene rings is 1. The fourth-order valence-corrected chi connectivity index (χ4v) is 6.01. The fourth-order valence-electron chi connectivity index (χ4n) is 2.89. The number of carboxylic acid groups (broad SMARTS) is 1. The predicted molar refractivity (Wildman–Crippen MR) is 91.8 cm³/mol. The first-order valence-corrected chi connectivity index (χ1v) is 10.1. The van der Waals surface area contributed by atoms with E-state index in [0.29, 0.717) is 36.0 Å². The molecule has 1 aromatic heterocycles. The molecule has 2 aromatic rings. The highest BCUT2D eigenvalue weighted by Gasteiger charge is 2.32. The average molecular weight is 402 g/mol. The predicted octanol–water partition coefficient (Wildman–Crippen LogP) is 2.41. The van der Waals surface area contributed by atoms with Gasteiger partial charge in [-0.3, -0.25) is 0 Å². The number of fused-ring (bicyclic) bond motifs is 1. The molecule has 1 aliphatic heterocycles. The first-order chi connectivity index (χ1) is 12.2. The van der Waals surface area contributed by atoms with Crippen LogP contribution in [0.1, 0.15) is 39.3 Å². The fraction of sp³-hybridized carbons (Fsp3) is 0.312. The normalized spacial score (nSPS) is 15.5. The molecule has 0 radical (unpaired) electrons. The number of aromatic carboxylic acids is 1. The summed E-state index contributed by atoms with van der Waals surface area (Å²) in [7, 11) is -4.19. The van der Waals surface area contributed by atoms with Gasteiger partial charge in [-0.15, -0.1) is 11.3 Å². The van der Waals surface area contributed by atoms with Crippen molar-refractivity contribution in [2.45, 2.75) is 30.1 Å². The van der Waals surface area contributed by atoms with Crippen LogP contribution in [0.15, 0.2) is 22.4 Å². The Hall–Kier alpha value is -1.88. The molecule has 3 rings (SSSR count). The molecule has 1 aliphatic rings. The Bertz CT molecular complexity index is 953. The lowest BCUT2D eigenvalue weighted by atomic mass is 10.1. The highest BCUT2D eigenvalue weighted by Crippen LogP contribution is 2.35. The minimum Gasteiger partial charge on any atom is -0.478 e. The Morgan fingerprint density at radius 3 is 2.58 bits per heavy atom. The van der Waals surface area contributed by atoms with Crippen LogP contribution in [0.3, 0.4) is 0 Å². The van der Waals surface area contributed by atoms with Crippen molar-refractivity contribution in [2.75, 3.05) is 6.54 Å². The van der Waals surface area contributed by atoms with Gasteiger partial charge in [0.2, 0.25) is 0 Å². The van der Waals surface area contributed by atoms with Crippen molar-refractivity contribution in [1.82, 2.24) is 10.0 Å². The standard InChI is InChI=1S/C16H16F2N2O4S2/c1-8(9-4-10(17)6-11(18)5-9)20-26(23,24)16-14(15(21)22)12-2-3-19-7-13(12)25-16/h4-6,8,19-20H,2-3,7H2,1H3,(H,21,22)/t8-/m1/s1. The zero-order chi connectivity index (χ0) is 19.1. The van der Waals surface area contributed by atoms with Crippen LogP contribution in [0.4, 0.5) is 8.78 Å². The first kappa shape index (κ1) is 18.9. The molecule has 0 bridgehead atoms. The van der Waals surface area contributed by atoms with E-state index in [2.05, 4.69) is 10.0 Å². The van der Waals surface area contributed by atoms with E-state index in [-0.39, 0.29) is 15.3 Å². The zero-order valence-corrected chi connectivity index (χ0v) is 15.3. The second-order valence-corrected chi connectivity index (χ2v) is 8.96. The summed E-state index contributed by atoms with van der Waals surface area (Å²) in [5.41, 5.74) is 0.397. The highest BCUT2D eigenvalue weighted by atomic mass is 32.2. The quantitative estimate of drug-likeness (QED) is 0.714. The number of hydrogen-bond acceptors (Lipinski definition) is 5. The highest BCUT2D eigenvalue weighted by molar-refractivity contribution is 7.91. The molecular weight excluding hydrogens is 386 g/mol. The van der Waals surface area contributed by atoms with Gasteiger partial charge in [0, 0.05) is 23.5 Å². The van der Waals surface area contributed by atoms with E-state index in [9.17, 15) is 27.1 Å². The monoisotopic (exact) mass is 402 g/mol. The third kappa shape index (κ3) is 3.63. The molecule has 1 aromatic carbocycles. The summed E-state index contributed by atoms with van der Waals surface area (Å²) in [6.07, 6.45) is 0.424. The van der Waals surface area contributed by atoms with E-state index in [0.717, 1.165) is 23.5 Å². The molecule has 0 spiro atoms. The van der Waals surface area contributed by atoms with Crippen molar-refractivity contribution in [3.05, 3.63) is 51.4 Å². The van der Waals surface area contributed by atoms with E-state index in [4.69, 9.17) is 0 Å². The van der Waals surface area contributed by atoms with Crippen LogP contribution in [0, 0.1) is 11.6 Å². The summed E-state index contributed by atoms with van der Waals surface area (Å²) >= 11 is 0.899. The summed E-state index contributed by atoms with van der Waals surface area (Å²) in [4.78, 5) is 12.3. The average Bonchev–Trinajstić information content (AvgIpc) is 2.94. The lowest BCUT2D eigenvalue weighted by Gasteiger charge is -2.15. The van der Waals surface area contributed by atoms with Gasteiger partial charge in [-0.05, 0) is 43.1 Å². The van der Waals surface area contributed by atoms with Gasteiger partial charge in [0.05, 0.1) is 5.56 Å². The maximum absolute atomic E-state index is 13.4. The second-order valence-electron chi connectivity index (χ2n) is 5.94. The summed E-state index contributed by atoms with van der Waals surface area (Å²) in [6.45, 7) is 2.40. The van der Waals surface area contributed by atoms with E-state index in [1.807, 2.05) is 0 Å². The Kier molecular flexibility index (Phi) is 5.11. The SMILES string of the molecule is C[C@@H](NS(=O)(=O)c1sc2c(c1C(=O)O)CCNC2)c1cc(F)cc(F)c1. The smallest absolute Gasteiger partial charge is 0.338 e. The largest absolute Gasteiger partial charge is 0.478 e. The number of rotatable bonds is 5. The molecule has 3 N–H and O–H groups in total. The van der Waals surface area contributed by atoms with Crippen LogP contribution in [-0.2, 0) is 23.0 Å². The second kappa shape index (κ2) is 7.03. The molecule has 0 fully saturated rings. The molecule has 6 nitrogen and oxygen atoms in total. The summed E-state index contributed by atoms with van der Waals surface area (Å²) in [5.74, 6) is -2.96. The topological polar surface area (TPSA) is 95.5 Å². The van der Waals surface area contributed by atoms with Gasteiger partial charge in [-0.25, -0.2) is 26.7 Å². The summed E-state index contributed by atoms with van der Waals surface area (Å²) in [6, 6.07) is 1.80. The van der Waals surface area contributed by atoms with Crippen molar-refractivity contribution in [1.29, 1.82) is 0 Å². The van der Waals surface area contributed by atoms with Gasteiger partial charge >= 0.3 is 5.97 Å². The van der Waals surface area contributed by atoms with Crippen LogP contribution in [0.2, 0.25) is 0 Å². The number of halogens is 2. The number of carbonyl (C=O) groups is 1. The number of nitrogens with one attached hydrogen (secondary N) is 2. The van der Waals surface area contributed by atoms with E-state index in [1.54, 1.807) is 0 Å². The number of carboxylic acids is 1. The lowest BCUT2D eigenvalue weighted by Crippen LogP contribution is -2.28. The van der Waals surface area contributed by atoms with Crippen molar-refractivity contribution in [2.24, 2.45) is 0 Å². The summed E-state index contributed by atoms with van der Waals surface area (Å²) < 4.78 is 54.3. The molecule has 0 unspecified atom stereocenters. The maximum Gasteiger partial charge on any atom is 0.338 e. The third-order valence-electron chi connectivity index (χ3n) is 4.07. The minimum atomic E-state index is -4.19. The molecule has 26 heavy (non-hydrogen) atoms. The van der Waals surface area contributed by atoms with Gasteiger partial charge in [0.15, 0.2) is 0 Å². The van der Waals surface area contributed by atoms with Crippen LogP contribution >= 0.6 is 11.3 Å². The molecule has 0 amide bonds. The molecular formula is C16H16F2N2O4S2.